The number of carbonyl (C=O) groups is 2. The molecule has 2 aromatic rings. The molecular weight excluding hydrogens is 846 g/mol. The first-order valence-corrected chi connectivity index (χ1v) is 23.8. The van der Waals surface area contributed by atoms with E-state index in [4.69, 9.17) is 17.3 Å². The molecule has 2 aliphatic heterocycles. The van der Waals surface area contributed by atoms with E-state index in [-0.39, 0.29) is 72.8 Å². The average Bonchev–Trinajstić information content (AvgIpc) is 3.23. The number of rotatable bonds is 8. The van der Waals surface area contributed by atoms with E-state index >= 15 is 0 Å². The molecular formula is C40H55ClF6N4O6S2. The lowest BCUT2D eigenvalue weighted by molar-refractivity contribution is -0.138. The number of amides is 2. The Hall–Kier alpha value is -2.93. The van der Waals surface area contributed by atoms with Crippen molar-refractivity contribution in [2.45, 2.75) is 135 Å². The third-order valence-electron chi connectivity index (χ3n) is 11.4. The third-order valence-corrected chi connectivity index (χ3v) is 16.1. The molecule has 2 saturated heterocycles. The molecule has 0 unspecified atom stereocenters. The minimum absolute atomic E-state index is 0.0505. The zero-order valence-corrected chi connectivity index (χ0v) is 35.3. The van der Waals surface area contributed by atoms with Gasteiger partial charge in [-0.05, 0) is 87.8 Å². The lowest BCUT2D eigenvalue weighted by atomic mass is 9.95. The van der Waals surface area contributed by atoms with Crippen LogP contribution in [-0.2, 0) is 41.6 Å². The molecule has 2 amide bonds. The molecule has 2 aliphatic carbocycles. The second-order valence-electron chi connectivity index (χ2n) is 15.5. The smallest absolute Gasteiger partial charge is 0.342 e. The molecule has 0 atom stereocenters. The van der Waals surface area contributed by atoms with Gasteiger partial charge in [0.25, 0.3) is 0 Å². The van der Waals surface area contributed by atoms with Gasteiger partial charge in [0.15, 0.2) is 19.7 Å². The Kier molecular flexibility index (Phi) is 18.0. The van der Waals surface area contributed by atoms with Crippen molar-refractivity contribution in [2.75, 3.05) is 38.6 Å². The number of likely N-dealkylation sites (tertiary alicyclic amines) is 2. The number of benzene rings is 2. The number of hydrogen-bond acceptors (Lipinski definition) is 8. The Morgan fingerprint density at radius 2 is 1.02 bits per heavy atom. The summed E-state index contributed by atoms with van der Waals surface area (Å²) < 4.78 is 127. The van der Waals surface area contributed by atoms with E-state index in [1.807, 2.05) is 0 Å². The van der Waals surface area contributed by atoms with Gasteiger partial charge < -0.3 is 20.9 Å². The topological polar surface area (TPSA) is 147 Å². The number of hydrogen-bond donors (Lipinski definition) is 2. The van der Waals surface area contributed by atoms with Crippen molar-refractivity contribution in [3.8, 4) is 0 Å². The molecule has 0 bridgehead atoms. The fourth-order valence-electron chi connectivity index (χ4n) is 7.78. The van der Waals surface area contributed by atoms with Crippen LogP contribution in [0.5, 0.6) is 0 Å². The molecule has 332 valence electrons. The summed E-state index contributed by atoms with van der Waals surface area (Å²) in [6.07, 6.45) is 4.03. The maximum absolute atomic E-state index is 12.9. The molecule has 2 aromatic carbocycles. The number of carbonyl (C=O) groups excluding carboxylic acids is 2. The zero-order valence-electron chi connectivity index (χ0n) is 33.0. The molecule has 6 rings (SSSR count). The molecule has 10 nitrogen and oxygen atoms in total. The molecule has 2 heterocycles. The third kappa shape index (κ3) is 14.3. The number of halogens is 7. The van der Waals surface area contributed by atoms with Crippen molar-refractivity contribution in [1.29, 1.82) is 0 Å². The Bertz CT molecular complexity index is 1890. The largest absolute Gasteiger partial charge is 0.416 e. The van der Waals surface area contributed by atoms with Crippen molar-refractivity contribution in [3.63, 3.8) is 0 Å². The molecule has 3 N–H and O–H groups in total. The maximum atomic E-state index is 12.9. The second kappa shape index (κ2) is 21.7. The average molecular weight is 901 g/mol. The highest BCUT2D eigenvalue weighted by Crippen LogP contribution is 2.34. The fraction of sp³-hybridized carbons (Fsp3) is 0.650. The monoisotopic (exact) mass is 900 g/mol. The summed E-state index contributed by atoms with van der Waals surface area (Å²) in [6.45, 7) is 1.31. The van der Waals surface area contributed by atoms with Crippen LogP contribution < -0.4 is 11.1 Å². The number of nitrogens with two attached hydrogens (primary N) is 1. The van der Waals surface area contributed by atoms with Gasteiger partial charge in [0.2, 0.25) is 11.8 Å². The minimum atomic E-state index is -4.60. The summed E-state index contributed by atoms with van der Waals surface area (Å²) in [6, 6.07) is 8.53. The van der Waals surface area contributed by atoms with Crippen molar-refractivity contribution >= 4 is 43.1 Å². The van der Waals surface area contributed by atoms with Gasteiger partial charge >= 0.3 is 12.4 Å². The second-order valence-corrected chi connectivity index (χ2v) is 20.3. The van der Waals surface area contributed by atoms with Gasteiger partial charge in [-0.15, -0.1) is 11.6 Å². The van der Waals surface area contributed by atoms with Crippen LogP contribution in [-0.4, -0.2) is 99.6 Å². The van der Waals surface area contributed by atoms with E-state index in [0.29, 0.717) is 37.3 Å². The quantitative estimate of drug-likeness (QED) is 0.206. The van der Waals surface area contributed by atoms with E-state index in [0.717, 1.165) is 37.1 Å². The normalized spacial score (nSPS) is 19.6. The molecule has 4 fully saturated rings. The van der Waals surface area contributed by atoms with E-state index < -0.39 is 53.7 Å². The van der Waals surface area contributed by atoms with Gasteiger partial charge in [0.05, 0.1) is 38.0 Å². The van der Waals surface area contributed by atoms with Crippen LogP contribution >= 0.6 is 11.6 Å². The standard InChI is InChI=1S/C20H27F3N2O3S.C14H15ClF3NO3S.C6H13N/c21-20(22,23)15-5-4-8-18(13-15)29(27,28)17-9-11-25(12-10-17)19(26)14-24-16-6-2-1-3-7-16;15-9-13(20)19-6-4-11(5-7-19)23(21,22)12-3-1-2-10(8-12)14(16,17)18;7-6-4-2-1-3-5-6/h4-5,8,13,16-17,24H,1-3,6-7,9-12,14H2;1-3,8,11H,4-7,9H2;6H,1-5,7H2. The molecule has 19 heteroatoms. The minimum Gasteiger partial charge on any atom is -0.342 e. The van der Waals surface area contributed by atoms with E-state index in [1.165, 1.54) is 68.4 Å². The van der Waals surface area contributed by atoms with Crippen LogP contribution in [0.2, 0.25) is 0 Å². The van der Waals surface area contributed by atoms with Gasteiger partial charge in [0.1, 0.15) is 5.88 Å². The SMILES string of the molecule is NC1CCCCC1.O=C(CCl)N1CCC(S(=O)(=O)c2cccc(C(F)(F)F)c2)CC1.O=C(CNC1CCCCC1)N1CCC(S(=O)(=O)c2cccc(C(F)(F)F)c2)CC1. The highest BCUT2D eigenvalue weighted by atomic mass is 35.5. The summed E-state index contributed by atoms with van der Waals surface area (Å²) in [5.41, 5.74) is 3.67. The van der Waals surface area contributed by atoms with Crippen molar-refractivity contribution in [1.82, 2.24) is 15.1 Å². The van der Waals surface area contributed by atoms with E-state index in [2.05, 4.69) is 5.32 Å². The molecule has 2 saturated carbocycles. The summed E-state index contributed by atoms with van der Waals surface area (Å²) in [5.74, 6) is -0.502. The molecule has 0 aromatic heterocycles. The van der Waals surface area contributed by atoms with Crippen molar-refractivity contribution in [2.24, 2.45) is 5.73 Å². The molecule has 59 heavy (non-hydrogen) atoms. The Labute approximate surface area is 348 Å². The van der Waals surface area contributed by atoms with Crippen LogP contribution in [0, 0.1) is 0 Å². The number of piperidine rings is 2. The Morgan fingerprint density at radius 3 is 1.37 bits per heavy atom. The van der Waals surface area contributed by atoms with Gasteiger partial charge in [-0.3, -0.25) is 9.59 Å². The van der Waals surface area contributed by atoms with Gasteiger partial charge in [-0.2, -0.15) is 26.3 Å². The van der Waals surface area contributed by atoms with Gasteiger partial charge in [0, 0.05) is 38.3 Å². The van der Waals surface area contributed by atoms with Gasteiger partial charge in [-0.1, -0.05) is 50.7 Å². The molecule has 0 radical (unpaired) electrons. The lowest BCUT2D eigenvalue weighted by Crippen LogP contribution is -2.47. The van der Waals surface area contributed by atoms with Crippen LogP contribution in [0.3, 0.4) is 0 Å². The molecule has 4 aliphatic rings. The number of nitrogens with zero attached hydrogens (tertiary/aromatic N) is 2. The summed E-state index contributed by atoms with van der Waals surface area (Å²) >= 11 is 5.45. The van der Waals surface area contributed by atoms with E-state index in [1.54, 1.807) is 4.90 Å². The van der Waals surface area contributed by atoms with E-state index in [9.17, 15) is 52.8 Å². The zero-order chi connectivity index (χ0) is 43.4. The lowest BCUT2D eigenvalue weighted by Gasteiger charge is -2.32. The summed E-state index contributed by atoms with van der Waals surface area (Å²) in [5, 5.41) is 1.71. The number of nitrogens with one attached hydrogen (secondary N) is 1. The first-order valence-electron chi connectivity index (χ1n) is 20.2. The predicted octanol–water partition coefficient (Wildman–Crippen LogP) is 7.38. The first-order chi connectivity index (χ1) is 27.7. The summed E-state index contributed by atoms with van der Waals surface area (Å²) in [7, 11) is -7.75. The summed E-state index contributed by atoms with van der Waals surface area (Å²) in [4.78, 5) is 26.3. The van der Waals surface area contributed by atoms with Crippen LogP contribution in [0.25, 0.3) is 0 Å². The Morgan fingerprint density at radius 1 is 0.627 bits per heavy atom. The highest BCUT2D eigenvalue weighted by Gasteiger charge is 2.37. The van der Waals surface area contributed by atoms with Crippen LogP contribution in [0.1, 0.15) is 101 Å². The van der Waals surface area contributed by atoms with Crippen molar-refractivity contribution < 1.29 is 52.8 Å². The number of sulfone groups is 2. The van der Waals surface area contributed by atoms with Crippen LogP contribution in [0.4, 0.5) is 26.3 Å². The Balaban J connectivity index is 0.000000227. The predicted molar refractivity (Wildman–Crippen MR) is 213 cm³/mol. The van der Waals surface area contributed by atoms with Crippen LogP contribution in [0.15, 0.2) is 58.3 Å². The van der Waals surface area contributed by atoms with Crippen molar-refractivity contribution in [3.05, 3.63) is 59.7 Å². The maximum Gasteiger partial charge on any atom is 0.416 e. The van der Waals surface area contributed by atoms with Gasteiger partial charge in [-0.25, -0.2) is 16.8 Å². The molecule has 0 spiro atoms. The first kappa shape index (κ1) is 48.7. The highest BCUT2D eigenvalue weighted by molar-refractivity contribution is 7.92. The number of alkyl halides is 7. The fourth-order valence-corrected chi connectivity index (χ4v) is 11.5.